The summed E-state index contributed by atoms with van der Waals surface area (Å²) in [5, 5.41) is 6.60. The van der Waals surface area contributed by atoms with Crippen molar-refractivity contribution in [3.8, 4) is 0 Å². The van der Waals surface area contributed by atoms with Crippen LogP contribution in [0.1, 0.15) is 13.3 Å². The third-order valence-corrected chi connectivity index (χ3v) is 2.45. The second-order valence-corrected chi connectivity index (χ2v) is 3.75. The summed E-state index contributed by atoms with van der Waals surface area (Å²) in [4.78, 5) is 8.25. The fourth-order valence-electron chi connectivity index (χ4n) is 1.24. The van der Waals surface area contributed by atoms with Crippen molar-refractivity contribution in [1.29, 1.82) is 0 Å². The summed E-state index contributed by atoms with van der Waals surface area (Å²) in [5.41, 5.74) is 0. The molecule has 1 rings (SSSR count). The van der Waals surface area contributed by atoms with Crippen LogP contribution in [0.25, 0.3) is 0 Å². The molecule has 1 aromatic rings. The first-order valence-electron chi connectivity index (χ1n) is 5.17. The van der Waals surface area contributed by atoms with Crippen LogP contribution in [-0.4, -0.2) is 36.8 Å². The van der Waals surface area contributed by atoms with Crippen molar-refractivity contribution in [2.75, 3.05) is 31.4 Å². The number of ether oxygens (including phenoxy) is 1. The monoisotopic (exact) mass is 244 g/mol. The average molecular weight is 245 g/mol. The Morgan fingerprint density at radius 1 is 1.56 bits per heavy atom. The maximum absolute atomic E-state index is 6.00. The Morgan fingerprint density at radius 2 is 2.31 bits per heavy atom. The fraction of sp³-hybridized carbons (Fsp3) is 0.600. The van der Waals surface area contributed by atoms with Crippen molar-refractivity contribution in [2.24, 2.45) is 0 Å². The van der Waals surface area contributed by atoms with E-state index in [0.717, 1.165) is 6.42 Å². The third kappa shape index (κ3) is 3.50. The SMILES string of the molecule is CCC(COC)Nc1nc(NC)ncc1Cl. The van der Waals surface area contributed by atoms with Crippen LogP contribution < -0.4 is 10.6 Å². The highest BCUT2D eigenvalue weighted by Crippen LogP contribution is 2.20. The van der Waals surface area contributed by atoms with E-state index in [2.05, 4.69) is 27.5 Å². The quantitative estimate of drug-likeness (QED) is 0.802. The second kappa shape index (κ2) is 6.50. The molecule has 0 aliphatic carbocycles. The molecule has 1 unspecified atom stereocenters. The number of methoxy groups -OCH3 is 1. The van der Waals surface area contributed by atoms with Gasteiger partial charge >= 0.3 is 0 Å². The van der Waals surface area contributed by atoms with E-state index in [-0.39, 0.29) is 6.04 Å². The second-order valence-electron chi connectivity index (χ2n) is 3.35. The van der Waals surface area contributed by atoms with Crippen molar-refractivity contribution in [3.63, 3.8) is 0 Å². The van der Waals surface area contributed by atoms with E-state index in [1.165, 1.54) is 0 Å². The molecule has 0 fully saturated rings. The molecule has 1 aromatic heterocycles. The van der Waals surface area contributed by atoms with E-state index in [1.54, 1.807) is 20.4 Å². The van der Waals surface area contributed by atoms with Crippen LogP contribution in [-0.2, 0) is 4.74 Å². The number of hydrogen-bond donors (Lipinski definition) is 2. The highest BCUT2D eigenvalue weighted by atomic mass is 35.5. The van der Waals surface area contributed by atoms with Crippen molar-refractivity contribution in [3.05, 3.63) is 11.2 Å². The van der Waals surface area contributed by atoms with E-state index < -0.39 is 0 Å². The molecule has 0 aliphatic heterocycles. The molecular formula is C10H17ClN4O. The molecule has 90 valence electrons. The summed E-state index contributed by atoms with van der Waals surface area (Å²) in [7, 11) is 3.43. The van der Waals surface area contributed by atoms with Crippen LogP contribution in [0.3, 0.4) is 0 Å². The van der Waals surface area contributed by atoms with Crippen LogP contribution in [0.15, 0.2) is 6.20 Å². The Hall–Kier alpha value is -1.07. The van der Waals surface area contributed by atoms with Gasteiger partial charge in [-0.25, -0.2) is 4.98 Å². The number of halogens is 1. The molecule has 0 aliphatic rings. The smallest absolute Gasteiger partial charge is 0.224 e. The van der Waals surface area contributed by atoms with Gasteiger partial charge in [0.25, 0.3) is 0 Å². The molecule has 0 radical (unpaired) electrons. The minimum atomic E-state index is 0.196. The Morgan fingerprint density at radius 3 is 2.88 bits per heavy atom. The first-order chi connectivity index (χ1) is 7.71. The van der Waals surface area contributed by atoms with Gasteiger partial charge in [-0.3, -0.25) is 0 Å². The zero-order chi connectivity index (χ0) is 12.0. The first kappa shape index (κ1) is 13.0. The highest BCUT2D eigenvalue weighted by Gasteiger charge is 2.10. The van der Waals surface area contributed by atoms with Crippen LogP contribution in [0.2, 0.25) is 5.02 Å². The minimum absolute atomic E-state index is 0.196. The summed E-state index contributed by atoms with van der Waals surface area (Å²) >= 11 is 6.00. The normalized spacial score (nSPS) is 12.2. The molecule has 0 amide bonds. The predicted molar refractivity (Wildman–Crippen MR) is 66.2 cm³/mol. The Balaban J connectivity index is 2.77. The summed E-state index contributed by atoms with van der Waals surface area (Å²) in [5.74, 6) is 1.17. The molecule has 6 heteroatoms. The van der Waals surface area contributed by atoms with Gasteiger partial charge in [0, 0.05) is 14.2 Å². The molecule has 0 bridgehead atoms. The molecule has 0 spiro atoms. The fourth-order valence-corrected chi connectivity index (χ4v) is 1.39. The van der Waals surface area contributed by atoms with Gasteiger partial charge in [-0.1, -0.05) is 18.5 Å². The molecule has 1 atom stereocenters. The molecule has 5 nitrogen and oxygen atoms in total. The van der Waals surface area contributed by atoms with Gasteiger partial charge in [0.15, 0.2) is 5.82 Å². The van der Waals surface area contributed by atoms with Crippen molar-refractivity contribution in [1.82, 2.24) is 9.97 Å². The Kier molecular flexibility index (Phi) is 5.28. The number of hydrogen-bond acceptors (Lipinski definition) is 5. The molecule has 0 saturated heterocycles. The van der Waals surface area contributed by atoms with Gasteiger partial charge in [0.2, 0.25) is 5.95 Å². The summed E-state index contributed by atoms with van der Waals surface area (Å²) in [6.45, 7) is 2.69. The standard InChI is InChI=1S/C10H17ClN4O/c1-4-7(6-16-3)14-9-8(11)5-13-10(12-2)15-9/h5,7H,4,6H2,1-3H3,(H2,12,13,14,15). The first-order valence-corrected chi connectivity index (χ1v) is 5.54. The van der Waals surface area contributed by atoms with Crippen LogP contribution >= 0.6 is 11.6 Å². The number of nitrogens with one attached hydrogen (secondary N) is 2. The predicted octanol–water partition coefficient (Wildman–Crippen LogP) is 2.01. The van der Waals surface area contributed by atoms with E-state index >= 15 is 0 Å². The van der Waals surface area contributed by atoms with Crippen LogP contribution in [0.4, 0.5) is 11.8 Å². The minimum Gasteiger partial charge on any atom is -0.383 e. The molecule has 16 heavy (non-hydrogen) atoms. The van der Waals surface area contributed by atoms with Gasteiger partial charge in [0.05, 0.1) is 18.8 Å². The van der Waals surface area contributed by atoms with Crippen molar-refractivity contribution >= 4 is 23.4 Å². The van der Waals surface area contributed by atoms with E-state index in [9.17, 15) is 0 Å². The maximum Gasteiger partial charge on any atom is 0.224 e. The van der Waals surface area contributed by atoms with Crippen LogP contribution in [0.5, 0.6) is 0 Å². The maximum atomic E-state index is 6.00. The Labute approximate surface area is 101 Å². The third-order valence-electron chi connectivity index (χ3n) is 2.17. The van der Waals surface area contributed by atoms with Gasteiger partial charge in [-0.15, -0.1) is 0 Å². The van der Waals surface area contributed by atoms with Gasteiger partial charge in [0.1, 0.15) is 5.02 Å². The lowest BCUT2D eigenvalue weighted by Crippen LogP contribution is -2.24. The lowest BCUT2D eigenvalue weighted by Gasteiger charge is -2.17. The van der Waals surface area contributed by atoms with Gasteiger partial charge < -0.3 is 15.4 Å². The largest absolute Gasteiger partial charge is 0.383 e. The summed E-state index contributed by atoms with van der Waals surface area (Å²) in [6.07, 6.45) is 2.51. The number of aromatic nitrogens is 2. The van der Waals surface area contributed by atoms with Crippen molar-refractivity contribution < 1.29 is 4.74 Å². The summed E-state index contributed by atoms with van der Waals surface area (Å²) < 4.78 is 5.10. The highest BCUT2D eigenvalue weighted by molar-refractivity contribution is 6.32. The summed E-state index contributed by atoms with van der Waals surface area (Å²) in [6, 6.07) is 0.196. The van der Waals surface area contributed by atoms with Gasteiger partial charge in [-0.05, 0) is 6.42 Å². The molecule has 0 aromatic carbocycles. The van der Waals surface area contributed by atoms with E-state index in [4.69, 9.17) is 16.3 Å². The topological polar surface area (TPSA) is 59.1 Å². The van der Waals surface area contributed by atoms with Crippen LogP contribution in [0, 0.1) is 0 Å². The van der Waals surface area contributed by atoms with E-state index in [0.29, 0.717) is 23.4 Å². The van der Waals surface area contributed by atoms with Gasteiger partial charge in [-0.2, -0.15) is 4.98 Å². The molecule has 1 heterocycles. The Bertz CT molecular complexity index is 335. The lowest BCUT2D eigenvalue weighted by atomic mass is 10.2. The van der Waals surface area contributed by atoms with Crippen molar-refractivity contribution in [2.45, 2.75) is 19.4 Å². The average Bonchev–Trinajstić information content (AvgIpc) is 2.31. The molecule has 2 N–H and O–H groups in total. The number of nitrogens with zero attached hydrogens (tertiary/aromatic N) is 2. The number of anilines is 2. The molecular weight excluding hydrogens is 228 g/mol. The van der Waals surface area contributed by atoms with E-state index in [1.807, 2.05) is 0 Å². The zero-order valence-corrected chi connectivity index (χ0v) is 10.5. The lowest BCUT2D eigenvalue weighted by molar-refractivity contribution is 0.184. The number of rotatable bonds is 6. The molecule has 0 saturated carbocycles. The zero-order valence-electron chi connectivity index (χ0n) is 9.75.